The van der Waals surface area contributed by atoms with Gasteiger partial charge in [0.1, 0.15) is 4.60 Å². The Morgan fingerprint density at radius 3 is 2.54 bits per heavy atom. The second-order valence-electron chi connectivity index (χ2n) is 2.15. The Morgan fingerprint density at radius 2 is 2.08 bits per heavy atom. The van der Waals surface area contributed by atoms with Gasteiger partial charge in [-0.25, -0.2) is 13.8 Å². The summed E-state index contributed by atoms with van der Waals surface area (Å²) >= 11 is 5.88. The van der Waals surface area contributed by atoms with Crippen LogP contribution >= 0.6 is 31.9 Å². The lowest BCUT2D eigenvalue weighted by Gasteiger charge is -2.05. The minimum absolute atomic E-state index is 0.0828. The molecule has 0 bridgehead atoms. The molecule has 70 valence electrons. The third-order valence-electron chi connectivity index (χ3n) is 1.38. The van der Waals surface area contributed by atoms with E-state index in [0.717, 1.165) is 6.20 Å². The fourth-order valence-corrected chi connectivity index (χ4v) is 1.97. The van der Waals surface area contributed by atoms with Gasteiger partial charge in [0.2, 0.25) is 0 Å². The first kappa shape index (κ1) is 10.7. The molecule has 1 rings (SSSR count). The molecule has 0 spiro atoms. The highest BCUT2D eigenvalue weighted by atomic mass is 79.9. The van der Waals surface area contributed by atoms with E-state index >= 15 is 0 Å². The minimum atomic E-state index is -2.64. The lowest BCUT2D eigenvalue weighted by molar-refractivity contribution is 0.112. The summed E-state index contributed by atoms with van der Waals surface area (Å²) in [5, 5.41) is 0. The zero-order valence-electron chi connectivity index (χ0n) is 6.10. The van der Waals surface area contributed by atoms with Crippen LogP contribution in [0.5, 0.6) is 0 Å². The minimum Gasteiger partial charge on any atom is -0.298 e. The van der Waals surface area contributed by atoms with Crippen molar-refractivity contribution in [1.82, 2.24) is 4.98 Å². The van der Waals surface area contributed by atoms with E-state index in [9.17, 15) is 13.6 Å². The Kier molecular flexibility index (Phi) is 3.49. The Labute approximate surface area is 89.6 Å². The van der Waals surface area contributed by atoms with Crippen molar-refractivity contribution in [2.24, 2.45) is 0 Å². The highest BCUT2D eigenvalue weighted by Gasteiger charge is 2.17. The number of alkyl halides is 2. The van der Waals surface area contributed by atoms with Crippen LogP contribution in [0.3, 0.4) is 0 Å². The molecule has 0 radical (unpaired) electrons. The van der Waals surface area contributed by atoms with Crippen LogP contribution in [0.25, 0.3) is 0 Å². The molecule has 1 aromatic heterocycles. The fraction of sp³-hybridized carbons (Fsp3) is 0.143. The third-order valence-corrected chi connectivity index (χ3v) is 2.90. The van der Waals surface area contributed by atoms with Gasteiger partial charge in [0.05, 0.1) is 11.1 Å². The van der Waals surface area contributed by atoms with Gasteiger partial charge in [0.15, 0.2) is 6.29 Å². The van der Waals surface area contributed by atoms with Crippen LogP contribution in [0.15, 0.2) is 15.3 Å². The lowest BCUT2D eigenvalue weighted by Crippen LogP contribution is -1.95. The Hall–Kier alpha value is -0.360. The first-order chi connectivity index (χ1) is 6.07. The van der Waals surface area contributed by atoms with Crippen LogP contribution in [0.1, 0.15) is 22.3 Å². The Bertz CT molecular complexity index is 344. The van der Waals surface area contributed by atoms with Crippen molar-refractivity contribution in [3.8, 4) is 0 Å². The largest absolute Gasteiger partial charge is 0.298 e. The molecule has 0 atom stereocenters. The maximum absolute atomic E-state index is 12.3. The number of hydrogen-bond acceptors (Lipinski definition) is 2. The van der Waals surface area contributed by atoms with Crippen LogP contribution in [0.2, 0.25) is 0 Å². The van der Waals surface area contributed by atoms with E-state index in [4.69, 9.17) is 0 Å². The molecule has 0 saturated carbocycles. The number of aromatic nitrogens is 1. The molecule has 0 fully saturated rings. The van der Waals surface area contributed by atoms with Crippen LogP contribution in [0, 0.1) is 0 Å². The number of hydrogen-bond donors (Lipinski definition) is 0. The average molecular weight is 315 g/mol. The standard InChI is InChI=1S/C7H3Br2F2NO/c8-5-3(7(10)11)1-12-6(9)4(5)2-13/h1-2,7H. The van der Waals surface area contributed by atoms with E-state index in [1.807, 2.05) is 0 Å². The van der Waals surface area contributed by atoms with Crippen LogP contribution in [0.4, 0.5) is 8.78 Å². The number of carbonyl (C=O) groups is 1. The lowest BCUT2D eigenvalue weighted by atomic mass is 10.2. The molecule has 1 heterocycles. The number of pyridine rings is 1. The number of halogens is 4. The molecule has 1 aromatic rings. The normalized spacial score (nSPS) is 10.5. The third kappa shape index (κ3) is 2.11. The summed E-state index contributed by atoms with van der Waals surface area (Å²) in [4.78, 5) is 14.1. The van der Waals surface area contributed by atoms with Gasteiger partial charge in [0, 0.05) is 10.7 Å². The summed E-state index contributed by atoms with van der Waals surface area (Å²) in [6.45, 7) is 0. The van der Waals surface area contributed by atoms with Crippen molar-refractivity contribution in [2.45, 2.75) is 6.43 Å². The number of nitrogens with zero attached hydrogens (tertiary/aromatic N) is 1. The van der Waals surface area contributed by atoms with Crippen molar-refractivity contribution in [3.05, 3.63) is 26.4 Å². The molecular weight excluding hydrogens is 312 g/mol. The molecule has 0 saturated heterocycles. The van der Waals surface area contributed by atoms with Crippen molar-refractivity contribution in [2.75, 3.05) is 0 Å². The average Bonchev–Trinajstić information content (AvgIpc) is 2.04. The summed E-state index contributed by atoms with van der Waals surface area (Å²) in [6, 6.07) is 0. The van der Waals surface area contributed by atoms with Crippen molar-refractivity contribution in [1.29, 1.82) is 0 Å². The highest BCUT2D eigenvalue weighted by molar-refractivity contribution is 9.11. The summed E-state index contributed by atoms with van der Waals surface area (Å²) in [5.41, 5.74) is -0.192. The monoisotopic (exact) mass is 313 g/mol. The van der Waals surface area contributed by atoms with Gasteiger partial charge in [0.25, 0.3) is 6.43 Å². The molecule has 0 aromatic carbocycles. The van der Waals surface area contributed by atoms with Crippen LogP contribution < -0.4 is 0 Å². The SMILES string of the molecule is O=Cc1c(Br)ncc(C(F)F)c1Br. The van der Waals surface area contributed by atoms with Crippen LogP contribution in [-0.2, 0) is 0 Å². The van der Waals surface area contributed by atoms with E-state index in [0.29, 0.717) is 6.29 Å². The molecule has 0 amide bonds. The van der Waals surface area contributed by atoms with E-state index in [2.05, 4.69) is 36.8 Å². The maximum Gasteiger partial charge on any atom is 0.266 e. The van der Waals surface area contributed by atoms with Crippen molar-refractivity contribution in [3.63, 3.8) is 0 Å². The zero-order valence-corrected chi connectivity index (χ0v) is 9.27. The maximum atomic E-state index is 12.3. The fourth-order valence-electron chi connectivity index (χ4n) is 0.751. The zero-order chi connectivity index (χ0) is 10.0. The second kappa shape index (κ2) is 4.23. The first-order valence-electron chi connectivity index (χ1n) is 3.15. The molecule has 2 nitrogen and oxygen atoms in total. The Balaban J connectivity index is 3.35. The smallest absolute Gasteiger partial charge is 0.266 e. The van der Waals surface area contributed by atoms with E-state index in [1.54, 1.807) is 0 Å². The summed E-state index contributed by atoms with van der Waals surface area (Å²) in [7, 11) is 0. The molecule has 6 heteroatoms. The van der Waals surface area contributed by atoms with Gasteiger partial charge >= 0.3 is 0 Å². The van der Waals surface area contributed by atoms with Crippen molar-refractivity contribution >= 4 is 38.1 Å². The molecule has 0 aliphatic rings. The van der Waals surface area contributed by atoms with Gasteiger partial charge in [-0.2, -0.15) is 0 Å². The van der Waals surface area contributed by atoms with Crippen LogP contribution in [-0.4, -0.2) is 11.3 Å². The first-order valence-corrected chi connectivity index (χ1v) is 4.73. The molecule has 0 N–H and O–H groups in total. The van der Waals surface area contributed by atoms with Gasteiger partial charge in [-0.05, 0) is 31.9 Å². The highest BCUT2D eigenvalue weighted by Crippen LogP contribution is 2.31. The van der Waals surface area contributed by atoms with E-state index in [-0.39, 0.29) is 20.2 Å². The Morgan fingerprint density at radius 1 is 1.46 bits per heavy atom. The molecule has 0 unspecified atom stereocenters. The number of rotatable bonds is 2. The van der Waals surface area contributed by atoms with Gasteiger partial charge in [-0.15, -0.1) is 0 Å². The summed E-state index contributed by atoms with van der Waals surface area (Å²) < 4.78 is 24.9. The van der Waals surface area contributed by atoms with Crippen molar-refractivity contribution < 1.29 is 13.6 Å². The predicted molar refractivity (Wildman–Crippen MR) is 50.0 cm³/mol. The number of carbonyl (C=O) groups excluding carboxylic acids is 1. The summed E-state index contributed by atoms with van der Waals surface area (Å²) in [5.74, 6) is 0. The number of aldehydes is 1. The second-order valence-corrected chi connectivity index (χ2v) is 3.69. The van der Waals surface area contributed by atoms with Gasteiger partial charge < -0.3 is 0 Å². The van der Waals surface area contributed by atoms with E-state index in [1.165, 1.54) is 0 Å². The molecule has 13 heavy (non-hydrogen) atoms. The molecular formula is C7H3Br2F2NO. The predicted octanol–water partition coefficient (Wildman–Crippen LogP) is 3.36. The van der Waals surface area contributed by atoms with Gasteiger partial charge in [-0.1, -0.05) is 0 Å². The quantitative estimate of drug-likeness (QED) is 0.619. The molecule has 0 aliphatic heterocycles. The van der Waals surface area contributed by atoms with E-state index < -0.39 is 6.43 Å². The topological polar surface area (TPSA) is 30.0 Å². The van der Waals surface area contributed by atoms with Gasteiger partial charge in [-0.3, -0.25) is 4.79 Å². The molecule has 0 aliphatic carbocycles. The summed E-state index contributed by atoms with van der Waals surface area (Å²) in [6.07, 6.45) is -1.16.